The van der Waals surface area contributed by atoms with E-state index in [0.29, 0.717) is 0 Å². The summed E-state index contributed by atoms with van der Waals surface area (Å²) in [6.45, 7) is 6.25. The number of hydrogen-bond acceptors (Lipinski definition) is 5. The largest absolute Gasteiger partial charge is 0.384 e. The molecule has 0 aromatic rings. The molecule has 0 aromatic carbocycles. The molecule has 5 heteroatoms. The maximum Gasteiger partial charge on any atom is 0.183 e. The molecule has 0 saturated heterocycles. The zero-order valence-corrected chi connectivity index (χ0v) is 12.7. The van der Waals surface area contributed by atoms with Crippen LogP contribution < -0.4 is 0 Å². The summed E-state index contributed by atoms with van der Waals surface area (Å²) in [4.78, 5) is 0. The quantitative estimate of drug-likeness (QED) is 0.422. The van der Waals surface area contributed by atoms with E-state index in [0.717, 1.165) is 12.8 Å². The van der Waals surface area contributed by atoms with Crippen LogP contribution in [0.2, 0.25) is 0 Å². The first-order valence-corrected chi connectivity index (χ1v) is 7.47. The van der Waals surface area contributed by atoms with Crippen molar-refractivity contribution in [2.24, 2.45) is 0 Å². The minimum Gasteiger partial charge on any atom is -0.384 e. The molecule has 0 rings (SSSR count). The van der Waals surface area contributed by atoms with Crippen LogP contribution in [-0.2, 0) is 4.74 Å². The topological polar surface area (TPSA) is 69.9 Å². The molecule has 18 heavy (non-hydrogen) atoms. The lowest BCUT2D eigenvalue weighted by Gasteiger charge is -2.30. The molecule has 3 N–H and O–H groups in total. The molecule has 0 radical (unpaired) electrons. The first-order chi connectivity index (χ1) is 8.34. The molecule has 3 atom stereocenters. The highest BCUT2D eigenvalue weighted by Gasteiger charge is 2.30. The van der Waals surface area contributed by atoms with E-state index in [9.17, 15) is 15.3 Å². The number of methoxy groups -OCH3 is 1. The first-order valence-electron chi connectivity index (χ1n) is 6.59. The van der Waals surface area contributed by atoms with Crippen molar-refractivity contribution in [2.45, 2.75) is 75.5 Å². The van der Waals surface area contributed by atoms with Gasteiger partial charge in [-0.3, -0.25) is 0 Å². The zero-order chi connectivity index (χ0) is 14.2. The van der Waals surface area contributed by atoms with E-state index < -0.39 is 17.8 Å². The lowest BCUT2D eigenvalue weighted by atomic mass is 10.0. The van der Waals surface area contributed by atoms with Crippen LogP contribution in [0.1, 0.15) is 52.9 Å². The highest BCUT2D eigenvalue weighted by Crippen LogP contribution is 2.34. The monoisotopic (exact) mass is 280 g/mol. The molecular weight excluding hydrogens is 252 g/mol. The maximum atomic E-state index is 9.83. The van der Waals surface area contributed by atoms with Crippen LogP contribution in [0, 0.1) is 0 Å². The predicted molar refractivity (Wildman–Crippen MR) is 75.5 cm³/mol. The first kappa shape index (κ1) is 18.2. The summed E-state index contributed by atoms with van der Waals surface area (Å²) < 4.78 is 4.47. The second kappa shape index (κ2) is 9.15. The summed E-state index contributed by atoms with van der Waals surface area (Å²) in [5.41, 5.74) is -1.04. The smallest absolute Gasteiger partial charge is 0.183 e. The number of aliphatic hydroxyl groups excluding tert-OH is 3. The highest BCUT2D eigenvalue weighted by atomic mass is 32.2. The van der Waals surface area contributed by atoms with Gasteiger partial charge in [0.15, 0.2) is 6.29 Å². The maximum absolute atomic E-state index is 9.83. The van der Waals surface area contributed by atoms with Crippen LogP contribution in [-0.4, -0.2) is 45.0 Å². The molecule has 0 fully saturated rings. The SMILES string of the molecule is CCCCCCC(C)(C)SC(O)C(O)C(O)OC. The van der Waals surface area contributed by atoms with Crippen molar-refractivity contribution in [3.05, 3.63) is 0 Å². The molecule has 0 aliphatic heterocycles. The molecule has 4 nitrogen and oxygen atoms in total. The fourth-order valence-electron chi connectivity index (χ4n) is 1.71. The van der Waals surface area contributed by atoms with Gasteiger partial charge in [-0.05, 0) is 6.42 Å². The Hall–Kier alpha value is 0.190. The average Bonchev–Trinajstić information content (AvgIpc) is 2.32. The molecule has 0 aliphatic rings. The van der Waals surface area contributed by atoms with Gasteiger partial charge in [0.25, 0.3) is 0 Å². The van der Waals surface area contributed by atoms with Crippen LogP contribution in [0.5, 0.6) is 0 Å². The number of ether oxygens (including phenoxy) is 1. The Balaban J connectivity index is 4.05. The Bertz CT molecular complexity index is 211. The van der Waals surface area contributed by atoms with E-state index in [1.165, 1.54) is 38.1 Å². The summed E-state index contributed by atoms with van der Waals surface area (Å²) in [6.07, 6.45) is 3.09. The van der Waals surface area contributed by atoms with Crippen molar-refractivity contribution in [3.8, 4) is 0 Å². The summed E-state index contributed by atoms with van der Waals surface area (Å²) >= 11 is 1.28. The summed E-state index contributed by atoms with van der Waals surface area (Å²) in [6, 6.07) is 0. The average molecular weight is 280 g/mol. The molecule has 0 aliphatic carbocycles. The third-order valence-electron chi connectivity index (χ3n) is 2.90. The Morgan fingerprint density at radius 1 is 1.11 bits per heavy atom. The molecular formula is C13H28O4S. The van der Waals surface area contributed by atoms with Gasteiger partial charge in [0.2, 0.25) is 0 Å². The minimum atomic E-state index is -1.34. The van der Waals surface area contributed by atoms with Crippen LogP contribution in [0.4, 0.5) is 0 Å². The van der Waals surface area contributed by atoms with E-state index >= 15 is 0 Å². The number of unbranched alkanes of at least 4 members (excludes halogenated alkanes) is 3. The molecule has 3 unspecified atom stereocenters. The lowest BCUT2D eigenvalue weighted by Crippen LogP contribution is -2.38. The standard InChI is InChI=1S/C13H28O4S/c1-5-6-7-8-9-13(2,3)18-12(16)10(14)11(15)17-4/h10-12,14-16H,5-9H2,1-4H3. The summed E-state index contributed by atoms with van der Waals surface area (Å²) in [5, 5.41) is 28.7. The van der Waals surface area contributed by atoms with Crippen molar-refractivity contribution in [1.29, 1.82) is 0 Å². The van der Waals surface area contributed by atoms with Crippen LogP contribution in [0.25, 0.3) is 0 Å². The van der Waals surface area contributed by atoms with Crippen LogP contribution >= 0.6 is 11.8 Å². The van der Waals surface area contributed by atoms with E-state index in [4.69, 9.17) is 0 Å². The number of rotatable bonds is 10. The molecule has 0 amide bonds. The highest BCUT2D eigenvalue weighted by molar-refractivity contribution is 8.01. The van der Waals surface area contributed by atoms with E-state index in [-0.39, 0.29) is 4.75 Å². The van der Waals surface area contributed by atoms with Crippen molar-refractivity contribution < 1.29 is 20.1 Å². The van der Waals surface area contributed by atoms with Crippen molar-refractivity contribution in [1.82, 2.24) is 0 Å². The number of thioether (sulfide) groups is 1. The van der Waals surface area contributed by atoms with E-state index in [2.05, 4.69) is 11.7 Å². The Morgan fingerprint density at radius 3 is 2.22 bits per heavy atom. The van der Waals surface area contributed by atoms with Gasteiger partial charge in [0.05, 0.1) is 0 Å². The third kappa shape index (κ3) is 7.59. The molecule has 110 valence electrons. The minimum absolute atomic E-state index is 0.123. The lowest BCUT2D eigenvalue weighted by molar-refractivity contribution is -0.160. The van der Waals surface area contributed by atoms with Gasteiger partial charge in [0.1, 0.15) is 11.5 Å². The number of aliphatic hydroxyl groups is 3. The van der Waals surface area contributed by atoms with E-state index in [1.54, 1.807) is 0 Å². The van der Waals surface area contributed by atoms with Crippen LogP contribution in [0.3, 0.4) is 0 Å². The van der Waals surface area contributed by atoms with Gasteiger partial charge in [0, 0.05) is 11.9 Å². The summed E-state index contributed by atoms with van der Waals surface area (Å²) in [7, 11) is 1.29. The van der Waals surface area contributed by atoms with Gasteiger partial charge < -0.3 is 20.1 Å². The van der Waals surface area contributed by atoms with Gasteiger partial charge in [-0.1, -0.05) is 46.5 Å². The molecule has 0 aromatic heterocycles. The third-order valence-corrected chi connectivity index (χ3v) is 4.26. The molecule has 0 heterocycles. The Morgan fingerprint density at radius 2 is 1.72 bits per heavy atom. The van der Waals surface area contributed by atoms with Gasteiger partial charge in [-0.15, -0.1) is 11.8 Å². The second-order valence-corrected chi connectivity index (χ2v) is 7.02. The van der Waals surface area contributed by atoms with E-state index in [1.807, 2.05) is 13.8 Å². The molecule has 0 saturated carbocycles. The predicted octanol–water partition coefficient (Wildman–Crippen LogP) is 2.11. The second-order valence-electron chi connectivity index (χ2n) is 5.20. The fourth-order valence-corrected chi connectivity index (χ4v) is 2.90. The van der Waals surface area contributed by atoms with Gasteiger partial charge in [-0.25, -0.2) is 0 Å². The number of hydrogen-bond donors (Lipinski definition) is 3. The van der Waals surface area contributed by atoms with Crippen molar-refractivity contribution in [3.63, 3.8) is 0 Å². The summed E-state index contributed by atoms with van der Waals surface area (Å²) in [5.74, 6) is 0. The Kier molecular flexibility index (Phi) is 9.25. The normalized spacial score (nSPS) is 17.5. The Labute approximate surface area is 115 Å². The molecule has 0 bridgehead atoms. The van der Waals surface area contributed by atoms with Crippen molar-refractivity contribution in [2.75, 3.05) is 7.11 Å². The fraction of sp³-hybridized carbons (Fsp3) is 1.00. The van der Waals surface area contributed by atoms with Gasteiger partial charge in [-0.2, -0.15) is 0 Å². The van der Waals surface area contributed by atoms with Crippen molar-refractivity contribution >= 4 is 11.8 Å². The molecule has 0 spiro atoms. The van der Waals surface area contributed by atoms with Crippen LogP contribution in [0.15, 0.2) is 0 Å². The zero-order valence-electron chi connectivity index (χ0n) is 11.9. The van der Waals surface area contributed by atoms with Gasteiger partial charge >= 0.3 is 0 Å².